The van der Waals surface area contributed by atoms with Crippen LogP contribution in [0.1, 0.15) is 62.9 Å². The average Bonchev–Trinajstić information content (AvgIpc) is 4.03. The van der Waals surface area contributed by atoms with Gasteiger partial charge in [0.25, 0.3) is 0 Å². The van der Waals surface area contributed by atoms with Crippen molar-refractivity contribution in [2.24, 2.45) is 0 Å². The first-order valence-electron chi connectivity index (χ1n) is 18.8. The van der Waals surface area contributed by atoms with Crippen LogP contribution in [0.2, 0.25) is 0 Å². The molecule has 10 rings (SSSR count). The molecule has 2 unspecified atom stereocenters. The molecule has 2 aliphatic carbocycles. The van der Waals surface area contributed by atoms with Gasteiger partial charge in [0.2, 0.25) is 0 Å². The van der Waals surface area contributed by atoms with E-state index in [1.165, 1.54) is 85.6 Å². The van der Waals surface area contributed by atoms with Crippen molar-refractivity contribution in [3.63, 3.8) is 0 Å². The van der Waals surface area contributed by atoms with Gasteiger partial charge in [0.05, 0.1) is 0 Å². The van der Waals surface area contributed by atoms with Crippen molar-refractivity contribution >= 4 is 67.5 Å². The summed E-state index contributed by atoms with van der Waals surface area (Å²) < 4.78 is 0.885. The summed E-state index contributed by atoms with van der Waals surface area (Å²) in [6, 6.07) is 55.1. The van der Waals surface area contributed by atoms with Gasteiger partial charge in [-0.3, -0.25) is 0 Å². The Morgan fingerprint density at radius 2 is 0.836 bits per heavy atom. The molecule has 0 nitrogen and oxygen atoms in total. The molecule has 268 valence electrons. The summed E-state index contributed by atoms with van der Waals surface area (Å²) in [5, 5.41) is 5.24. The molecule has 5 heteroatoms. The van der Waals surface area contributed by atoms with E-state index in [-0.39, 0.29) is 24.8 Å². The topological polar surface area (TPSA) is 0 Å². The molecule has 0 aliphatic heterocycles. The Balaban J connectivity index is 0.00000214. The van der Waals surface area contributed by atoms with E-state index in [9.17, 15) is 0 Å². The third-order valence-corrected chi connectivity index (χ3v) is 18.5. The van der Waals surface area contributed by atoms with Crippen molar-refractivity contribution in [3.8, 4) is 22.3 Å². The van der Waals surface area contributed by atoms with Gasteiger partial charge in [-0.2, -0.15) is 0 Å². The summed E-state index contributed by atoms with van der Waals surface area (Å²) in [4.78, 5) is 5.83. The summed E-state index contributed by atoms with van der Waals surface area (Å²) in [6.45, 7) is 4.57. The monoisotopic (exact) mass is 862 g/mol. The predicted molar refractivity (Wildman–Crippen MR) is 227 cm³/mol. The molecule has 0 amide bonds. The van der Waals surface area contributed by atoms with Crippen LogP contribution in [0.15, 0.2) is 146 Å². The fourth-order valence-corrected chi connectivity index (χ4v) is 16.1. The van der Waals surface area contributed by atoms with E-state index >= 15 is 0 Å². The zero-order chi connectivity index (χ0) is 35.5. The molecule has 55 heavy (non-hydrogen) atoms. The molecule has 8 aromatic rings. The van der Waals surface area contributed by atoms with Gasteiger partial charge in [-0.05, 0) is 0 Å². The van der Waals surface area contributed by atoms with Crippen LogP contribution in [0.5, 0.6) is 0 Å². The zero-order valence-corrected chi connectivity index (χ0v) is 36.3. The minimum Gasteiger partial charge on any atom is -1.00 e. The number of rotatable bonds is 8. The molecule has 0 saturated carbocycles. The smallest absolute Gasteiger partial charge is 1.00 e. The third-order valence-electron chi connectivity index (χ3n) is 11.2. The molecule has 2 aromatic heterocycles. The van der Waals surface area contributed by atoms with Crippen LogP contribution in [-0.4, -0.2) is 0 Å². The fourth-order valence-electron chi connectivity index (χ4n) is 8.59. The number of fused-ring (bicyclic) bond motifs is 4. The Kier molecular flexibility index (Phi) is 11.1. The van der Waals surface area contributed by atoms with Crippen molar-refractivity contribution in [3.05, 3.63) is 187 Å². The van der Waals surface area contributed by atoms with E-state index in [1.54, 1.807) is 11.1 Å². The number of hydrogen-bond donors (Lipinski definition) is 0. The Morgan fingerprint density at radius 3 is 1.27 bits per heavy atom. The fraction of sp³-hybridized carbons (Fsp3) is 0.120. The third kappa shape index (κ3) is 6.67. The number of benzene rings is 6. The van der Waals surface area contributed by atoms with Gasteiger partial charge in [0.15, 0.2) is 0 Å². The Bertz CT molecular complexity index is 2570. The second-order valence-corrected chi connectivity index (χ2v) is 20.1. The maximum atomic E-state index is 2.59. The molecule has 0 spiro atoms. The first kappa shape index (κ1) is 38.1. The molecular formula is C50H38Cl2S2Zr. The van der Waals surface area contributed by atoms with Gasteiger partial charge in [-0.25, -0.2) is 0 Å². The SMILES string of the molecule is CCc1ccc(C2=Cc3c(-c4cccc5ccccc45)cccc3[CH]2[Zr+2][CH]2C(c3ccc(CC)s3)=Cc3c(-c4cccc5ccccc45)cccc32)s1.[Cl-].[Cl-]. The predicted octanol–water partition coefficient (Wildman–Crippen LogP) is 8.56. The van der Waals surface area contributed by atoms with E-state index in [0.29, 0.717) is 7.25 Å². The Labute approximate surface area is 356 Å². The summed E-state index contributed by atoms with van der Waals surface area (Å²) in [7, 11) is 0. The molecule has 6 aromatic carbocycles. The minimum absolute atomic E-state index is 0. The summed E-state index contributed by atoms with van der Waals surface area (Å²) in [5.41, 5.74) is 14.4. The number of halogens is 2. The van der Waals surface area contributed by atoms with Gasteiger partial charge in [-0.15, -0.1) is 0 Å². The van der Waals surface area contributed by atoms with Gasteiger partial charge in [-0.1, -0.05) is 0 Å². The maximum Gasteiger partial charge on any atom is -1.00 e. The Morgan fingerprint density at radius 1 is 0.436 bits per heavy atom. The summed E-state index contributed by atoms with van der Waals surface area (Å²) in [6.07, 6.45) is 7.34. The van der Waals surface area contributed by atoms with E-state index in [2.05, 4.69) is 172 Å². The van der Waals surface area contributed by atoms with Gasteiger partial charge >= 0.3 is 334 Å². The molecule has 2 aliphatic rings. The number of thiophene rings is 2. The number of aryl methyl sites for hydroxylation is 2. The van der Waals surface area contributed by atoms with Crippen LogP contribution in [0.3, 0.4) is 0 Å². The van der Waals surface area contributed by atoms with E-state index < -0.39 is 23.2 Å². The van der Waals surface area contributed by atoms with Gasteiger partial charge in [0.1, 0.15) is 0 Å². The van der Waals surface area contributed by atoms with Crippen molar-refractivity contribution in [1.29, 1.82) is 0 Å². The normalized spacial score (nSPS) is 15.5. The standard InChI is InChI=1S/2C25H19S.2ClH.Zr/c2*1-2-20-13-14-25(26-20)19-15-18-9-6-12-23(24(18)16-19)22-11-5-8-17-7-3-4-10-21(17)22;;;/h2*3-16H,2H2,1H3;2*1H;/q;;;;+2/p-2. The van der Waals surface area contributed by atoms with Crippen LogP contribution in [0.25, 0.3) is 67.1 Å². The number of allylic oxidation sites excluding steroid dienone is 2. The molecule has 0 bridgehead atoms. The van der Waals surface area contributed by atoms with Crippen molar-refractivity contribution in [2.75, 3.05) is 0 Å². The van der Waals surface area contributed by atoms with Gasteiger partial charge < -0.3 is 24.8 Å². The van der Waals surface area contributed by atoms with Crippen LogP contribution >= 0.6 is 22.7 Å². The molecule has 2 heterocycles. The second kappa shape index (κ2) is 16.0. The maximum absolute atomic E-state index is 2.59. The molecule has 0 saturated heterocycles. The van der Waals surface area contributed by atoms with E-state index in [0.717, 1.165) is 12.8 Å². The van der Waals surface area contributed by atoms with Crippen LogP contribution in [-0.2, 0) is 36.1 Å². The quantitative estimate of drug-likeness (QED) is 0.144. The molecule has 0 fully saturated rings. The summed E-state index contributed by atoms with van der Waals surface area (Å²) >= 11 is 2.76. The minimum atomic E-state index is -1.24. The van der Waals surface area contributed by atoms with Crippen LogP contribution < -0.4 is 24.8 Å². The average molecular weight is 865 g/mol. The van der Waals surface area contributed by atoms with Crippen LogP contribution in [0.4, 0.5) is 0 Å². The van der Waals surface area contributed by atoms with Crippen molar-refractivity contribution in [2.45, 2.75) is 33.9 Å². The van der Waals surface area contributed by atoms with Crippen molar-refractivity contribution < 1.29 is 48.0 Å². The first-order chi connectivity index (χ1) is 26.2. The molecule has 0 N–H and O–H groups in total. The van der Waals surface area contributed by atoms with E-state index in [1.807, 2.05) is 22.7 Å². The Hall–Kier alpha value is -3.82. The molecule has 0 radical (unpaired) electrons. The summed E-state index contributed by atoms with van der Waals surface area (Å²) in [5.74, 6) is 0. The van der Waals surface area contributed by atoms with Crippen LogP contribution in [0, 0.1) is 0 Å². The molecular weight excluding hydrogens is 827 g/mol. The first-order valence-corrected chi connectivity index (χ1v) is 23.2. The molecule has 2 atom stereocenters. The van der Waals surface area contributed by atoms with Gasteiger partial charge in [0, 0.05) is 0 Å². The van der Waals surface area contributed by atoms with Crippen molar-refractivity contribution in [1.82, 2.24) is 0 Å². The van der Waals surface area contributed by atoms with E-state index in [4.69, 9.17) is 0 Å². The zero-order valence-electron chi connectivity index (χ0n) is 30.7. The number of hydrogen-bond acceptors (Lipinski definition) is 2. The largest absolute Gasteiger partial charge is 1.00 e. The second-order valence-electron chi connectivity index (χ2n) is 14.1.